The molecule has 120 valence electrons. The second-order valence-electron chi connectivity index (χ2n) is 5.61. The summed E-state index contributed by atoms with van der Waals surface area (Å²) < 4.78 is 4.90. The van der Waals surface area contributed by atoms with Crippen LogP contribution in [0.5, 0.6) is 5.75 Å². The molecule has 0 aliphatic heterocycles. The molecule has 1 aromatic carbocycles. The molecule has 1 saturated carbocycles. The van der Waals surface area contributed by atoms with E-state index >= 15 is 0 Å². The fourth-order valence-corrected chi connectivity index (χ4v) is 2.97. The zero-order chi connectivity index (χ0) is 16.2. The molecule has 0 bridgehead atoms. The second-order valence-corrected chi connectivity index (χ2v) is 6.02. The molecule has 1 aromatic rings. The van der Waals surface area contributed by atoms with E-state index in [4.69, 9.17) is 16.3 Å². The number of carbonyl (C=O) groups excluding carboxylic acids is 2. The first kappa shape index (κ1) is 16.6. The lowest BCUT2D eigenvalue weighted by Gasteiger charge is -2.30. The highest BCUT2D eigenvalue weighted by Crippen LogP contribution is 2.29. The Kier molecular flexibility index (Phi) is 5.29. The Morgan fingerprint density at radius 3 is 2.41 bits per heavy atom. The predicted molar refractivity (Wildman–Crippen MR) is 83.0 cm³/mol. The molecule has 0 spiro atoms. The van der Waals surface area contributed by atoms with E-state index < -0.39 is 17.4 Å². The van der Waals surface area contributed by atoms with E-state index in [9.17, 15) is 14.7 Å². The van der Waals surface area contributed by atoms with Crippen molar-refractivity contribution in [1.82, 2.24) is 5.32 Å². The number of nitrogens with one attached hydrogen (secondary N) is 1. The molecule has 1 aliphatic carbocycles. The molecular weight excluding hydrogens is 306 g/mol. The van der Waals surface area contributed by atoms with Crippen molar-refractivity contribution in [3.05, 3.63) is 28.8 Å². The average molecular weight is 326 g/mol. The van der Waals surface area contributed by atoms with Gasteiger partial charge in [-0.05, 0) is 31.0 Å². The van der Waals surface area contributed by atoms with Gasteiger partial charge < -0.3 is 15.2 Å². The Hall–Kier alpha value is -1.75. The van der Waals surface area contributed by atoms with Gasteiger partial charge in [-0.3, -0.25) is 4.79 Å². The van der Waals surface area contributed by atoms with Gasteiger partial charge in [-0.15, -0.1) is 0 Å². The van der Waals surface area contributed by atoms with Gasteiger partial charge in [0.05, 0.1) is 12.1 Å². The number of methoxy groups -OCH3 is 1. The van der Waals surface area contributed by atoms with Gasteiger partial charge in [0.25, 0.3) is 5.91 Å². The maximum Gasteiger partial charge on any atom is 0.331 e. The third-order valence-electron chi connectivity index (χ3n) is 4.09. The number of halogens is 1. The van der Waals surface area contributed by atoms with Gasteiger partial charge in [-0.1, -0.05) is 37.3 Å². The van der Waals surface area contributed by atoms with Crippen LogP contribution in [0.4, 0.5) is 0 Å². The summed E-state index contributed by atoms with van der Waals surface area (Å²) in [4.78, 5) is 24.7. The Bertz CT molecular complexity index is 565. The van der Waals surface area contributed by atoms with Gasteiger partial charge in [0.1, 0.15) is 11.3 Å². The zero-order valence-corrected chi connectivity index (χ0v) is 13.3. The summed E-state index contributed by atoms with van der Waals surface area (Å²) in [5.74, 6) is -0.998. The molecule has 2 N–H and O–H groups in total. The Balaban J connectivity index is 2.23. The van der Waals surface area contributed by atoms with Crippen LogP contribution in [-0.2, 0) is 9.53 Å². The minimum atomic E-state index is -0.989. The van der Waals surface area contributed by atoms with Crippen molar-refractivity contribution in [2.24, 2.45) is 0 Å². The van der Waals surface area contributed by atoms with Gasteiger partial charge in [0.15, 0.2) is 0 Å². The van der Waals surface area contributed by atoms with Crippen LogP contribution in [0.2, 0.25) is 5.02 Å². The van der Waals surface area contributed by atoms with Crippen LogP contribution in [-0.4, -0.2) is 29.6 Å². The molecule has 6 heteroatoms. The number of benzene rings is 1. The number of rotatable bonds is 3. The molecule has 0 unspecified atom stereocenters. The monoisotopic (exact) mass is 325 g/mol. The lowest BCUT2D eigenvalue weighted by Crippen LogP contribution is -2.54. The first-order chi connectivity index (χ1) is 10.5. The molecule has 1 aliphatic rings. The van der Waals surface area contributed by atoms with E-state index in [1.54, 1.807) is 0 Å². The molecule has 0 radical (unpaired) electrons. The number of esters is 1. The van der Waals surface area contributed by atoms with Crippen molar-refractivity contribution in [3.8, 4) is 5.75 Å². The van der Waals surface area contributed by atoms with Crippen LogP contribution in [0.15, 0.2) is 18.2 Å². The number of hydrogen-bond donors (Lipinski definition) is 2. The third kappa shape index (κ3) is 3.53. The summed E-state index contributed by atoms with van der Waals surface area (Å²) in [7, 11) is 1.33. The zero-order valence-electron chi connectivity index (χ0n) is 12.5. The molecule has 0 atom stereocenters. The fourth-order valence-electron chi connectivity index (χ4n) is 2.85. The fraction of sp³-hybridized carbons (Fsp3) is 0.500. The van der Waals surface area contributed by atoms with Crippen LogP contribution >= 0.6 is 11.6 Å². The minimum absolute atomic E-state index is 0.165. The molecular formula is C16H20ClNO4. The first-order valence-corrected chi connectivity index (χ1v) is 7.76. The number of aromatic hydroxyl groups is 1. The molecule has 5 nitrogen and oxygen atoms in total. The van der Waals surface area contributed by atoms with E-state index in [2.05, 4.69) is 5.32 Å². The van der Waals surface area contributed by atoms with Gasteiger partial charge in [0.2, 0.25) is 0 Å². The van der Waals surface area contributed by atoms with Crippen molar-refractivity contribution in [2.75, 3.05) is 7.11 Å². The summed E-state index contributed by atoms with van der Waals surface area (Å²) in [5, 5.41) is 12.6. The number of ether oxygens (including phenoxy) is 1. The largest absolute Gasteiger partial charge is 0.506 e. The van der Waals surface area contributed by atoms with Gasteiger partial charge >= 0.3 is 5.97 Å². The maximum absolute atomic E-state index is 12.4. The van der Waals surface area contributed by atoms with E-state index in [1.807, 2.05) is 0 Å². The SMILES string of the molecule is COC(=O)C1(NC(=O)c2ccc(Cl)c(O)c2)CCCCCC1. The Morgan fingerprint density at radius 2 is 1.86 bits per heavy atom. The summed E-state index contributed by atoms with van der Waals surface area (Å²) in [6.45, 7) is 0. The van der Waals surface area contributed by atoms with E-state index in [0.29, 0.717) is 12.8 Å². The number of phenolic OH excluding ortho intramolecular Hbond substituents is 1. The van der Waals surface area contributed by atoms with Gasteiger partial charge in [-0.25, -0.2) is 4.79 Å². The topological polar surface area (TPSA) is 75.6 Å². The number of amides is 1. The van der Waals surface area contributed by atoms with Gasteiger partial charge in [0, 0.05) is 5.56 Å². The van der Waals surface area contributed by atoms with Crippen molar-refractivity contribution in [3.63, 3.8) is 0 Å². The first-order valence-electron chi connectivity index (χ1n) is 7.38. The highest BCUT2D eigenvalue weighted by molar-refractivity contribution is 6.32. The maximum atomic E-state index is 12.4. The molecule has 0 heterocycles. The van der Waals surface area contributed by atoms with Crippen molar-refractivity contribution < 1.29 is 19.4 Å². The quantitative estimate of drug-likeness (QED) is 0.661. The smallest absolute Gasteiger partial charge is 0.331 e. The van der Waals surface area contributed by atoms with Crippen LogP contribution in [0.3, 0.4) is 0 Å². The van der Waals surface area contributed by atoms with Crippen molar-refractivity contribution >= 4 is 23.5 Å². The van der Waals surface area contributed by atoms with Gasteiger partial charge in [-0.2, -0.15) is 0 Å². The summed E-state index contributed by atoms with van der Waals surface area (Å²) >= 11 is 5.74. The molecule has 22 heavy (non-hydrogen) atoms. The lowest BCUT2D eigenvalue weighted by atomic mass is 9.89. The van der Waals surface area contributed by atoms with E-state index in [1.165, 1.54) is 25.3 Å². The van der Waals surface area contributed by atoms with Crippen LogP contribution in [0.25, 0.3) is 0 Å². The Labute approximate surface area is 134 Å². The lowest BCUT2D eigenvalue weighted by molar-refractivity contribution is -0.148. The molecule has 1 fully saturated rings. The van der Waals surface area contributed by atoms with Crippen molar-refractivity contribution in [1.29, 1.82) is 0 Å². The van der Waals surface area contributed by atoms with Crippen LogP contribution in [0.1, 0.15) is 48.9 Å². The average Bonchev–Trinajstić information content (AvgIpc) is 2.75. The summed E-state index contributed by atoms with van der Waals surface area (Å²) in [5.41, 5.74) is -0.730. The predicted octanol–water partition coefficient (Wildman–Crippen LogP) is 3.04. The number of hydrogen-bond acceptors (Lipinski definition) is 4. The highest BCUT2D eigenvalue weighted by atomic mass is 35.5. The second kappa shape index (κ2) is 7.01. The number of carbonyl (C=O) groups is 2. The summed E-state index contributed by atoms with van der Waals surface area (Å²) in [6.07, 6.45) is 4.92. The van der Waals surface area contributed by atoms with E-state index in [-0.39, 0.29) is 16.3 Å². The van der Waals surface area contributed by atoms with Crippen LogP contribution in [0, 0.1) is 0 Å². The molecule has 0 saturated heterocycles. The molecule has 1 amide bonds. The standard InChI is InChI=1S/C16H20ClNO4/c1-22-15(21)16(8-4-2-3-5-9-16)18-14(20)11-6-7-12(17)13(19)10-11/h6-7,10,19H,2-5,8-9H2,1H3,(H,18,20). The molecule has 0 aromatic heterocycles. The van der Waals surface area contributed by atoms with E-state index in [0.717, 1.165) is 25.7 Å². The van der Waals surface area contributed by atoms with Crippen molar-refractivity contribution in [2.45, 2.75) is 44.1 Å². The Morgan fingerprint density at radius 1 is 1.23 bits per heavy atom. The number of phenols is 1. The third-order valence-corrected chi connectivity index (χ3v) is 4.41. The molecule has 2 rings (SSSR count). The highest BCUT2D eigenvalue weighted by Gasteiger charge is 2.41. The summed E-state index contributed by atoms with van der Waals surface area (Å²) in [6, 6.07) is 4.25. The van der Waals surface area contributed by atoms with Crippen LogP contribution < -0.4 is 5.32 Å². The minimum Gasteiger partial charge on any atom is -0.506 e. The normalized spacial score (nSPS) is 17.4.